The van der Waals surface area contributed by atoms with Crippen LogP contribution in [0.2, 0.25) is 5.15 Å². The van der Waals surface area contributed by atoms with Gasteiger partial charge in [-0.05, 0) is 19.9 Å². The van der Waals surface area contributed by atoms with Crippen LogP contribution >= 0.6 is 11.6 Å². The second kappa shape index (κ2) is 8.83. The highest BCUT2D eigenvalue weighted by Gasteiger charge is 2.60. The van der Waals surface area contributed by atoms with Crippen LogP contribution in [0.15, 0.2) is 30.7 Å². The smallest absolute Gasteiger partial charge is 0.387 e. The minimum Gasteiger partial charge on any atom is -0.387 e. The lowest BCUT2D eigenvalue weighted by atomic mass is 9.88. The Kier molecular flexibility index (Phi) is 5.98. The zero-order chi connectivity index (χ0) is 27.6. The summed E-state index contributed by atoms with van der Waals surface area (Å²) in [6.45, 7) is 1.50. The van der Waals surface area contributed by atoms with Gasteiger partial charge in [-0.25, -0.2) is 28.1 Å². The summed E-state index contributed by atoms with van der Waals surface area (Å²) >= 11 is 5.88. The molecule has 2 atom stereocenters. The molecule has 11 nitrogen and oxygen atoms in total. The third-order valence-electron chi connectivity index (χ3n) is 6.10. The second-order valence-corrected chi connectivity index (χ2v) is 9.13. The van der Waals surface area contributed by atoms with Gasteiger partial charge in [0, 0.05) is 12.6 Å². The summed E-state index contributed by atoms with van der Waals surface area (Å²) in [5.41, 5.74) is -3.77. The molecule has 0 saturated heterocycles. The molecule has 0 aliphatic carbocycles. The summed E-state index contributed by atoms with van der Waals surface area (Å²) in [5, 5.41) is 23.4. The fourth-order valence-corrected chi connectivity index (χ4v) is 4.30. The average Bonchev–Trinajstić information content (AvgIpc) is 3.54. The number of hydrogen-bond donors (Lipinski definition) is 2. The fraction of sp³-hybridized carbons (Fsp3) is 0.333. The van der Waals surface area contributed by atoms with Gasteiger partial charge in [0.1, 0.15) is 11.1 Å². The van der Waals surface area contributed by atoms with Gasteiger partial charge in [0.25, 0.3) is 6.43 Å². The zero-order valence-electron chi connectivity index (χ0n) is 19.4. The van der Waals surface area contributed by atoms with Gasteiger partial charge in [0.15, 0.2) is 16.6 Å². The molecule has 0 aromatic carbocycles. The van der Waals surface area contributed by atoms with Crippen molar-refractivity contribution in [3.63, 3.8) is 0 Å². The number of halogens is 6. The van der Waals surface area contributed by atoms with E-state index >= 15 is 0 Å². The van der Waals surface area contributed by atoms with E-state index in [1.165, 1.54) is 19.2 Å². The van der Waals surface area contributed by atoms with Crippen molar-refractivity contribution in [3.8, 4) is 5.82 Å². The molecule has 0 radical (unpaired) electrons. The first kappa shape index (κ1) is 25.7. The van der Waals surface area contributed by atoms with Crippen LogP contribution in [0.5, 0.6) is 0 Å². The minimum absolute atomic E-state index is 0.0545. The average molecular weight is 558 g/mol. The molecule has 4 aromatic heterocycles. The summed E-state index contributed by atoms with van der Waals surface area (Å²) < 4.78 is 71.4. The van der Waals surface area contributed by atoms with E-state index in [2.05, 4.69) is 30.6 Å². The number of aromatic nitrogens is 7. The Bertz CT molecular complexity index is 1550. The number of nitrogens with one attached hydrogen (secondary N) is 1. The van der Waals surface area contributed by atoms with Gasteiger partial charge >= 0.3 is 12.2 Å². The van der Waals surface area contributed by atoms with Crippen LogP contribution in [-0.2, 0) is 5.41 Å². The number of carbonyl (C=O) groups is 1. The summed E-state index contributed by atoms with van der Waals surface area (Å²) in [7, 11) is 0. The van der Waals surface area contributed by atoms with Crippen LogP contribution in [0.4, 0.5) is 38.1 Å². The van der Waals surface area contributed by atoms with Crippen LogP contribution < -0.4 is 10.2 Å². The predicted octanol–water partition coefficient (Wildman–Crippen LogP) is 4.22. The Morgan fingerprint density at radius 2 is 1.92 bits per heavy atom. The molecule has 1 aliphatic heterocycles. The monoisotopic (exact) mass is 557 g/mol. The molecule has 0 spiro atoms. The van der Waals surface area contributed by atoms with Crippen molar-refractivity contribution in [2.24, 2.45) is 0 Å². The first-order valence-electron chi connectivity index (χ1n) is 10.9. The Balaban J connectivity index is 1.50. The van der Waals surface area contributed by atoms with Gasteiger partial charge < -0.3 is 10.4 Å². The molecule has 1 aliphatic rings. The molecule has 17 heteroatoms. The third-order valence-corrected chi connectivity index (χ3v) is 6.29. The van der Waals surface area contributed by atoms with E-state index in [0.29, 0.717) is 0 Å². The van der Waals surface area contributed by atoms with Crippen LogP contribution in [-0.4, -0.2) is 58.4 Å². The van der Waals surface area contributed by atoms with Crippen LogP contribution in [0.3, 0.4) is 0 Å². The lowest BCUT2D eigenvalue weighted by molar-refractivity contribution is -0.181. The highest BCUT2D eigenvalue weighted by atomic mass is 35.5. The predicted molar refractivity (Wildman–Crippen MR) is 123 cm³/mol. The number of fused-ring (bicyclic) bond motifs is 3. The molecule has 0 unspecified atom stereocenters. The summed E-state index contributed by atoms with van der Waals surface area (Å²) in [4.78, 5) is 22.7. The van der Waals surface area contributed by atoms with Gasteiger partial charge in [0.2, 0.25) is 0 Å². The highest BCUT2D eigenvalue weighted by Crippen LogP contribution is 2.50. The van der Waals surface area contributed by atoms with Crippen molar-refractivity contribution in [2.75, 3.05) is 16.8 Å². The molecule has 5 heterocycles. The Labute approximate surface area is 214 Å². The fourth-order valence-electron chi connectivity index (χ4n) is 4.12. The third kappa shape index (κ3) is 4.09. The SMILES string of the molecule is C[C@@H](O)c1cnn(-c2ncc(NC(=O)N3C[C@@](C)(C(F)(F)F)c4c3cnc3cc(Cl)nn43)cc2C(F)F)n1. The van der Waals surface area contributed by atoms with Crippen molar-refractivity contribution < 1.29 is 31.9 Å². The van der Waals surface area contributed by atoms with Crippen LogP contribution in [0, 0.1) is 0 Å². The number of anilines is 2. The highest BCUT2D eigenvalue weighted by molar-refractivity contribution is 6.29. The lowest BCUT2D eigenvalue weighted by Gasteiger charge is -2.28. The van der Waals surface area contributed by atoms with E-state index in [1.807, 2.05) is 0 Å². The number of aliphatic hydroxyl groups excluding tert-OH is 1. The van der Waals surface area contributed by atoms with E-state index in [4.69, 9.17) is 11.6 Å². The van der Waals surface area contributed by atoms with Crippen molar-refractivity contribution >= 4 is 34.7 Å². The van der Waals surface area contributed by atoms with Crippen molar-refractivity contribution in [1.82, 2.24) is 34.6 Å². The van der Waals surface area contributed by atoms with Gasteiger partial charge in [-0.15, -0.1) is 9.90 Å². The maximum atomic E-state index is 14.2. The van der Waals surface area contributed by atoms with Crippen molar-refractivity contribution in [3.05, 3.63) is 52.8 Å². The number of pyridine rings is 1. The number of amides is 2. The molecule has 200 valence electrons. The number of rotatable bonds is 4. The van der Waals surface area contributed by atoms with E-state index in [9.17, 15) is 31.9 Å². The van der Waals surface area contributed by atoms with E-state index in [0.717, 1.165) is 39.6 Å². The molecule has 0 saturated carbocycles. The molecule has 38 heavy (non-hydrogen) atoms. The van der Waals surface area contributed by atoms with E-state index in [1.54, 1.807) is 0 Å². The quantitative estimate of drug-likeness (QED) is 0.360. The summed E-state index contributed by atoms with van der Waals surface area (Å²) in [6.07, 6.45) is -5.57. The Hall–Kier alpha value is -3.92. The van der Waals surface area contributed by atoms with Gasteiger partial charge in [0.05, 0.1) is 47.3 Å². The number of nitrogens with zero attached hydrogens (tertiary/aromatic N) is 8. The summed E-state index contributed by atoms with van der Waals surface area (Å²) in [6, 6.07) is 1.14. The zero-order valence-corrected chi connectivity index (χ0v) is 20.2. The molecule has 2 N–H and O–H groups in total. The minimum atomic E-state index is -4.79. The number of hydrogen-bond acceptors (Lipinski definition) is 7. The molecular weight excluding hydrogens is 541 g/mol. The Morgan fingerprint density at radius 1 is 1.18 bits per heavy atom. The Morgan fingerprint density at radius 3 is 2.55 bits per heavy atom. The van der Waals surface area contributed by atoms with Crippen molar-refractivity contribution in [2.45, 2.75) is 38.0 Å². The van der Waals surface area contributed by atoms with Crippen LogP contribution in [0.25, 0.3) is 11.5 Å². The van der Waals surface area contributed by atoms with Crippen LogP contribution in [0.1, 0.15) is 43.3 Å². The first-order chi connectivity index (χ1) is 17.8. The normalized spacial score (nSPS) is 18.3. The number of urea groups is 1. The van der Waals surface area contributed by atoms with E-state index in [-0.39, 0.29) is 39.4 Å². The molecule has 2 amide bonds. The largest absolute Gasteiger partial charge is 0.401 e. The second-order valence-electron chi connectivity index (χ2n) is 8.75. The number of alkyl halides is 5. The first-order valence-corrected chi connectivity index (χ1v) is 11.3. The number of carbonyl (C=O) groups excluding carboxylic acids is 1. The molecule has 5 rings (SSSR count). The van der Waals surface area contributed by atoms with Gasteiger partial charge in [-0.1, -0.05) is 11.6 Å². The lowest BCUT2D eigenvalue weighted by Crippen LogP contribution is -2.46. The molecule has 0 fully saturated rings. The van der Waals surface area contributed by atoms with Gasteiger partial charge in [-0.3, -0.25) is 4.90 Å². The number of aliphatic hydroxyl groups is 1. The topological polar surface area (TPSA) is 126 Å². The molecule has 0 bridgehead atoms. The summed E-state index contributed by atoms with van der Waals surface area (Å²) in [5.74, 6) is -0.358. The molecular formula is C21H17ClF5N9O2. The standard InChI is InChI=1S/C21H17ClF5N9O2/c1-9(37)12-6-30-36(32-12)18-11(17(23)24)3-10(5-29-18)31-19(38)34-8-20(2,21(25,26)27)16-13(34)7-28-15-4-14(22)33-35(15)16/h3-7,9,17,37H,8H2,1-2H3,(H,31,38)/t9-,20-/m1/s1. The maximum Gasteiger partial charge on any atom is 0.401 e. The molecule has 4 aromatic rings. The van der Waals surface area contributed by atoms with Crippen molar-refractivity contribution in [1.29, 1.82) is 0 Å². The van der Waals surface area contributed by atoms with Gasteiger partial charge in [-0.2, -0.15) is 23.4 Å². The maximum absolute atomic E-state index is 14.2. The van der Waals surface area contributed by atoms with E-state index < -0.39 is 42.3 Å².